The van der Waals surface area contributed by atoms with Gasteiger partial charge in [0.1, 0.15) is 4.60 Å². The van der Waals surface area contributed by atoms with E-state index in [9.17, 15) is 17.2 Å². The highest BCUT2D eigenvalue weighted by Gasteiger charge is 2.21. The second kappa shape index (κ2) is 4.40. The van der Waals surface area contributed by atoms with Crippen molar-refractivity contribution in [3.63, 3.8) is 0 Å². The van der Waals surface area contributed by atoms with Gasteiger partial charge in [0.15, 0.2) is 5.03 Å². The zero-order chi connectivity index (χ0) is 11.8. The molecule has 1 rings (SSSR count). The monoisotopic (exact) mass is 364 g/mol. The molecule has 0 unspecified atom stereocenters. The maximum atomic E-state index is 12.4. The van der Waals surface area contributed by atoms with E-state index in [0.717, 1.165) is 6.07 Å². The molecule has 0 spiro atoms. The molecule has 0 amide bonds. The van der Waals surface area contributed by atoms with Crippen LogP contribution in [0.25, 0.3) is 0 Å². The summed E-state index contributed by atoms with van der Waals surface area (Å²) in [6, 6.07) is 0.960. The number of primary sulfonamides is 1. The van der Waals surface area contributed by atoms with Gasteiger partial charge in [0.25, 0.3) is 16.4 Å². The van der Waals surface area contributed by atoms with Gasteiger partial charge in [-0.3, -0.25) is 0 Å². The zero-order valence-corrected chi connectivity index (χ0v) is 10.9. The van der Waals surface area contributed by atoms with Gasteiger partial charge in [-0.2, -0.15) is 0 Å². The topological polar surface area (TPSA) is 73.1 Å². The molecule has 0 aliphatic rings. The highest BCUT2D eigenvalue weighted by molar-refractivity contribution is 9.11. The Morgan fingerprint density at radius 2 is 1.93 bits per heavy atom. The molecule has 0 bridgehead atoms. The predicted molar refractivity (Wildman–Crippen MR) is 56.0 cm³/mol. The minimum Gasteiger partial charge on any atom is -0.226 e. The summed E-state index contributed by atoms with van der Waals surface area (Å²) in [7, 11) is -4.03. The number of halogens is 4. The molecule has 1 heterocycles. The van der Waals surface area contributed by atoms with E-state index in [0.29, 0.717) is 0 Å². The summed E-state index contributed by atoms with van der Waals surface area (Å²) in [6.07, 6.45) is -2.75. The minimum absolute atomic E-state index is 0.0940. The van der Waals surface area contributed by atoms with Crippen LogP contribution in [0.5, 0.6) is 0 Å². The summed E-state index contributed by atoms with van der Waals surface area (Å²) in [6.45, 7) is 0. The van der Waals surface area contributed by atoms with Crippen LogP contribution in [0.2, 0.25) is 0 Å². The van der Waals surface area contributed by atoms with Gasteiger partial charge in [0.2, 0.25) is 0 Å². The van der Waals surface area contributed by atoms with Crippen molar-refractivity contribution in [3.8, 4) is 0 Å². The smallest absolute Gasteiger partial charge is 0.226 e. The molecule has 9 heteroatoms. The van der Waals surface area contributed by atoms with E-state index >= 15 is 0 Å². The van der Waals surface area contributed by atoms with Crippen LogP contribution in [0.15, 0.2) is 20.2 Å². The molecule has 0 saturated carbocycles. The van der Waals surface area contributed by atoms with Crippen molar-refractivity contribution >= 4 is 41.9 Å². The van der Waals surface area contributed by atoms with Gasteiger partial charge in [-0.25, -0.2) is 27.3 Å². The van der Waals surface area contributed by atoms with E-state index in [-0.39, 0.29) is 9.08 Å². The Labute approximate surface area is 101 Å². The van der Waals surface area contributed by atoms with E-state index in [1.807, 2.05) is 0 Å². The van der Waals surface area contributed by atoms with Gasteiger partial charge in [-0.15, -0.1) is 0 Å². The van der Waals surface area contributed by atoms with E-state index < -0.39 is 27.0 Å². The first kappa shape index (κ1) is 12.9. The molecule has 4 nitrogen and oxygen atoms in total. The molecule has 0 fully saturated rings. The zero-order valence-electron chi connectivity index (χ0n) is 6.92. The van der Waals surface area contributed by atoms with Crippen LogP contribution >= 0.6 is 31.9 Å². The number of pyridine rings is 1. The quantitative estimate of drug-likeness (QED) is 0.816. The van der Waals surface area contributed by atoms with Crippen LogP contribution in [-0.2, 0) is 10.0 Å². The maximum Gasteiger partial charge on any atom is 0.266 e. The van der Waals surface area contributed by atoms with Crippen LogP contribution in [0.3, 0.4) is 0 Å². The van der Waals surface area contributed by atoms with Gasteiger partial charge in [0, 0.05) is 0 Å². The average Bonchev–Trinajstić information content (AvgIpc) is 2.06. The predicted octanol–water partition coefficient (Wildman–Crippen LogP) is 2.19. The number of hydrogen-bond donors (Lipinski definition) is 1. The normalized spacial score (nSPS) is 12.1. The first-order valence-corrected chi connectivity index (χ1v) is 6.53. The molecule has 1 aromatic rings. The third kappa shape index (κ3) is 2.92. The summed E-state index contributed by atoms with van der Waals surface area (Å²) < 4.78 is 46.3. The standard InChI is InChI=1S/C6H4Br2F2N2O2S/c7-3-1-2(5(9)10)4(8)12-6(3)15(11,13)14/h1,5H,(H2,11,13,14). The van der Waals surface area contributed by atoms with Crippen molar-refractivity contribution in [2.75, 3.05) is 0 Å². The summed E-state index contributed by atoms with van der Waals surface area (Å²) in [5.41, 5.74) is -0.408. The Hall–Kier alpha value is -0.120. The summed E-state index contributed by atoms with van der Waals surface area (Å²) >= 11 is 5.55. The van der Waals surface area contributed by atoms with Gasteiger partial charge in [-0.1, -0.05) is 0 Å². The van der Waals surface area contributed by atoms with Crippen LogP contribution in [0, 0.1) is 0 Å². The molecule has 0 radical (unpaired) electrons. The maximum absolute atomic E-state index is 12.4. The number of aromatic nitrogens is 1. The second-order valence-corrected chi connectivity index (χ2v) is 5.58. The molecule has 2 N–H and O–H groups in total. The average molecular weight is 366 g/mol. The first-order valence-electron chi connectivity index (χ1n) is 3.40. The number of hydrogen-bond acceptors (Lipinski definition) is 3. The number of nitrogens with two attached hydrogens (primary N) is 1. The van der Waals surface area contributed by atoms with Gasteiger partial charge < -0.3 is 0 Å². The summed E-state index contributed by atoms with van der Waals surface area (Å²) in [5, 5.41) is 4.34. The molecule has 0 aromatic carbocycles. The Morgan fingerprint density at radius 3 is 2.33 bits per heavy atom. The fourth-order valence-corrected chi connectivity index (χ4v) is 2.96. The number of nitrogens with zero attached hydrogens (tertiary/aromatic N) is 1. The largest absolute Gasteiger partial charge is 0.266 e. The van der Waals surface area contributed by atoms with Crippen LogP contribution in [0.4, 0.5) is 8.78 Å². The lowest BCUT2D eigenvalue weighted by Gasteiger charge is -2.06. The van der Waals surface area contributed by atoms with E-state index in [4.69, 9.17) is 5.14 Å². The minimum atomic E-state index is -4.03. The third-order valence-corrected chi connectivity index (χ3v) is 3.78. The van der Waals surface area contributed by atoms with Crippen molar-refractivity contribution in [3.05, 3.63) is 20.7 Å². The van der Waals surface area contributed by atoms with Crippen molar-refractivity contribution in [1.29, 1.82) is 0 Å². The van der Waals surface area contributed by atoms with Gasteiger partial charge >= 0.3 is 0 Å². The molecule has 0 atom stereocenters. The van der Waals surface area contributed by atoms with Crippen LogP contribution in [-0.4, -0.2) is 13.4 Å². The Kier molecular flexibility index (Phi) is 3.80. The second-order valence-electron chi connectivity index (χ2n) is 2.50. The van der Waals surface area contributed by atoms with Crippen molar-refractivity contribution in [1.82, 2.24) is 4.98 Å². The Balaban J connectivity index is 3.46. The molecular formula is C6H4Br2F2N2O2S. The van der Waals surface area contributed by atoms with Gasteiger partial charge in [-0.05, 0) is 37.9 Å². The lowest BCUT2D eigenvalue weighted by Crippen LogP contribution is -2.15. The van der Waals surface area contributed by atoms with E-state index in [2.05, 4.69) is 36.8 Å². The lowest BCUT2D eigenvalue weighted by molar-refractivity contribution is 0.149. The fraction of sp³-hybridized carbons (Fsp3) is 0.167. The summed E-state index contributed by atoms with van der Waals surface area (Å²) in [4.78, 5) is 3.44. The van der Waals surface area contributed by atoms with Gasteiger partial charge in [0.05, 0.1) is 10.0 Å². The van der Waals surface area contributed by atoms with Crippen molar-refractivity contribution in [2.24, 2.45) is 5.14 Å². The summed E-state index contributed by atoms with van der Waals surface area (Å²) in [5.74, 6) is 0. The number of rotatable bonds is 2. The van der Waals surface area contributed by atoms with Crippen LogP contribution in [0.1, 0.15) is 12.0 Å². The molecule has 0 saturated heterocycles. The molecule has 0 aliphatic heterocycles. The number of alkyl halides is 2. The van der Waals surface area contributed by atoms with E-state index in [1.54, 1.807) is 0 Å². The lowest BCUT2D eigenvalue weighted by atomic mass is 10.3. The number of sulfonamides is 1. The molecule has 84 valence electrons. The third-order valence-electron chi connectivity index (χ3n) is 1.43. The molecule has 0 aliphatic carbocycles. The van der Waals surface area contributed by atoms with E-state index in [1.165, 1.54) is 0 Å². The van der Waals surface area contributed by atoms with Crippen LogP contribution < -0.4 is 5.14 Å². The fourth-order valence-electron chi connectivity index (χ4n) is 0.817. The highest BCUT2D eigenvalue weighted by atomic mass is 79.9. The SMILES string of the molecule is NS(=O)(=O)c1nc(Br)c(C(F)F)cc1Br. The van der Waals surface area contributed by atoms with Crippen molar-refractivity contribution in [2.45, 2.75) is 11.5 Å². The van der Waals surface area contributed by atoms with Crippen molar-refractivity contribution < 1.29 is 17.2 Å². The highest BCUT2D eigenvalue weighted by Crippen LogP contribution is 2.31. The molecule has 1 aromatic heterocycles. The Morgan fingerprint density at radius 1 is 1.40 bits per heavy atom. The molecular weight excluding hydrogens is 362 g/mol. The Bertz CT molecular complexity index is 492. The first-order chi connectivity index (χ1) is 6.73. The molecule has 15 heavy (non-hydrogen) atoms.